The molecule has 0 bridgehead atoms. The molecule has 0 aliphatic carbocycles. The number of carbonyl (C=O) groups excluding carboxylic acids is 1. The van der Waals surface area contributed by atoms with E-state index in [1.54, 1.807) is 6.07 Å². The van der Waals surface area contributed by atoms with Crippen molar-refractivity contribution in [3.05, 3.63) is 82.1 Å². The third-order valence-electron chi connectivity index (χ3n) is 4.20. The van der Waals surface area contributed by atoms with Gasteiger partial charge in [0.1, 0.15) is 13.7 Å². The van der Waals surface area contributed by atoms with Crippen LogP contribution >= 0.6 is 11.6 Å². The Morgan fingerprint density at radius 2 is 1.79 bits per heavy atom. The Hall–Kier alpha value is -2.39. The molecule has 6 nitrogen and oxygen atoms in total. The second-order valence-electron chi connectivity index (χ2n) is 6.18. The Bertz CT molecular complexity index is 1130. The highest BCUT2D eigenvalue weighted by Crippen LogP contribution is 2.40. The van der Waals surface area contributed by atoms with Crippen molar-refractivity contribution in [2.24, 2.45) is 5.73 Å². The van der Waals surface area contributed by atoms with Crippen LogP contribution in [0.25, 0.3) is 0 Å². The van der Waals surface area contributed by atoms with Gasteiger partial charge in [-0.2, -0.15) is 8.42 Å². The Labute approximate surface area is 175 Å². The first-order valence-electron chi connectivity index (χ1n) is 7.95. The SMILES string of the molecule is [B]C([B])(c1ccccc1)S(=O)(=O)OC1=C(N)O[C@]([B])(c2ccc(F)cc2Cl)C1=O. The van der Waals surface area contributed by atoms with Crippen LogP contribution in [0.15, 0.2) is 60.2 Å². The largest absolute Gasteiger partial charge is 0.467 e. The zero-order chi connectivity index (χ0) is 21.6. The van der Waals surface area contributed by atoms with Gasteiger partial charge >= 0.3 is 10.1 Å². The van der Waals surface area contributed by atoms with Crippen molar-refractivity contribution >= 4 is 51.0 Å². The number of benzene rings is 2. The van der Waals surface area contributed by atoms with Crippen molar-refractivity contribution < 1.29 is 26.5 Å². The fraction of sp³-hybridized carbons (Fsp3) is 0.118. The standard InChI is InChI=1S/C17H10B3ClFNO5S/c18-16(11-7-6-10(22)8-12(11)21)14(24)13(15(23)27-16)28-29(25,26)17(19,20)9-4-2-1-3-5-9/h1-8H,23H2/t16-/m1/s1. The summed E-state index contributed by atoms with van der Waals surface area (Å²) in [5.41, 5.74) is 3.12. The second kappa shape index (κ2) is 7.14. The van der Waals surface area contributed by atoms with Crippen LogP contribution in [0.1, 0.15) is 11.1 Å². The lowest BCUT2D eigenvalue weighted by atomic mass is 9.65. The minimum Gasteiger partial charge on any atom is -0.467 e. The van der Waals surface area contributed by atoms with Crippen molar-refractivity contribution in [2.45, 2.75) is 10.0 Å². The van der Waals surface area contributed by atoms with Crippen LogP contribution in [0, 0.1) is 5.82 Å². The van der Waals surface area contributed by atoms with E-state index in [4.69, 9.17) is 49.8 Å². The van der Waals surface area contributed by atoms with Crippen LogP contribution in [0.2, 0.25) is 5.02 Å². The average Bonchev–Trinajstić information content (AvgIpc) is 2.85. The van der Waals surface area contributed by atoms with Gasteiger partial charge in [-0.15, -0.1) is 0 Å². The zero-order valence-corrected chi connectivity index (χ0v) is 16.2. The van der Waals surface area contributed by atoms with Gasteiger partial charge < -0.3 is 14.7 Å². The van der Waals surface area contributed by atoms with Gasteiger partial charge in [0, 0.05) is 5.56 Å². The van der Waals surface area contributed by atoms with Crippen LogP contribution in [0.4, 0.5) is 4.39 Å². The quantitative estimate of drug-likeness (QED) is 0.566. The van der Waals surface area contributed by atoms with Crippen LogP contribution in [-0.2, 0) is 33.9 Å². The number of hydrogen-bond acceptors (Lipinski definition) is 6. The zero-order valence-electron chi connectivity index (χ0n) is 14.6. The molecule has 0 amide bonds. The summed E-state index contributed by atoms with van der Waals surface area (Å²) >= 11 is 5.94. The van der Waals surface area contributed by atoms with E-state index in [1.807, 2.05) is 0 Å². The Morgan fingerprint density at radius 3 is 2.38 bits per heavy atom. The molecule has 2 aromatic carbocycles. The third kappa shape index (κ3) is 3.53. The predicted molar refractivity (Wildman–Crippen MR) is 106 cm³/mol. The number of carbonyl (C=O) groups is 1. The Balaban J connectivity index is 1.96. The molecule has 2 N–H and O–H groups in total. The molecule has 1 atom stereocenters. The molecule has 142 valence electrons. The van der Waals surface area contributed by atoms with Gasteiger partial charge in [0.25, 0.3) is 0 Å². The van der Waals surface area contributed by atoms with E-state index >= 15 is 0 Å². The van der Waals surface area contributed by atoms with Crippen molar-refractivity contribution in [2.75, 3.05) is 0 Å². The number of hydrogen-bond donors (Lipinski definition) is 1. The molecule has 1 aliphatic rings. The summed E-state index contributed by atoms with van der Waals surface area (Å²) in [5, 5.41) is -0.242. The first kappa shape index (κ1) is 21.3. The molecule has 1 heterocycles. The van der Waals surface area contributed by atoms with E-state index in [2.05, 4.69) is 0 Å². The summed E-state index contributed by atoms with van der Waals surface area (Å²) < 4.78 is 46.1. The average molecular weight is 427 g/mol. The van der Waals surface area contributed by atoms with Gasteiger partial charge in [-0.3, -0.25) is 4.79 Å². The second-order valence-corrected chi connectivity index (χ2v) is 8.34. The van der Waals surface area contributed by atoms with Crippen molar-refractivity contribution in [1.29, 1.82) is 0 Å². The minimum absolute atomic E-state index is 0.00822. The van der Waals surface area contributed by atoms with Crippen molar-refractivity contribution in [3.63, 3.8) is 0 Å². The van der Waals surface area contributed by atoms with Crippen LogP contribution in [0.3, 0.4) is 0 Å². The maximum Gasteiger partial charge on any atom is 0.302 e. The number of Topliss-reactive ketones (excluding diaryl/α,β-unsaturated/α-hetero) is 1. The molecule has 0 aromatic heterocycles. The first-order chi connectivity index (χ1) is 13.4. The van der Waals surface area contributed by atoms with Crippen LogP contribution in [0.5, 0.6) is 0 Å². The lowest BCUT2D eigenvalue weighted by molar-refractivity contribution is -0.126. The molecule has 0 saturated heterocycles. The molecule has 0 saturated carbocycles. The van der Waals surface area contributed by atoms with Gasteiger partial charge in [-0.1, -0.05) is 48.0 Å². The number of ether oxygens (including phenoxy) is 1. The molecule has 2 aromatic rings. The molecule has 1 aliphatic heterocycles. The lowest BCUT2D eigenvalue weighted by Crippen LogP contribution is -2.40. The fourth-order valence-electron chi connectivity index (χ4n) is 2.62. The normalized spacial score (nSPS) is 19.9. The smallest absolute Gasteiger partial charge is 0.302 e. The maximum atomic E-state index is 13.3. The van der Waals surface area contributed by atoms with Gasteiger partial charge in [0.15, 0.2) is 5.50 Å². The highest BCUT2D eigenvalue weighted by atomic mass is 35.5. The van der Waals surface area contributed by atoms with Crippen molar-refractivity contribution in [1.82, 2.24) is 0 Å². The Kier molecular flexibility index (Phi) is 5.25. The van der Waals surface area contributed by atoms with Crippen LogP contribution in [-0.4, -0.2) is 37.7 Å². The number of nitrogens with two attached hydrogens (primary N) is 1. The Morgan fingerprint density at radius 1 is 1.17 bits per heavy atom. The molecule has 6 radical (unpaired) electrons. The molecule has 3 rings (SSSR count). The maximum absolute atomic E-state index is 13.3. The summed E-state index contributed by atoms with van der Waals surface area (Å²) in [6, 6.07) is 10.3. The highest BCUT2D eigenvalue weighted by molar-refractivity contribution is 7.90. The highest BCUT2D eigenvalue weighted by Gasteiger charge is 2.51. The summed E-state index contributed by atoms with van der Waals surface area (Å²) in [6.45, 7) is 0. The summed E-state index contributed by atoms with van der Waals surface area (Å²) in [6.07, 6.45) is 0. The monoisotopic (exact) mass is 427 g/mol. The molecule has 12 heteroatoms. The van der Waals surface area contributed by atoms with Crippen LogP contribution < -0.4 is 5.73 Å². The van der Waals surface area contributed by atoms with Gasteiger partial charge in [-0.25, -0.2) is 4.39 Å². The van der Waals surface area contributed by atoms with Gasteiger partial charge in [0.2, 0.25) is 17.4 Å². The summed E-state index contributed by atoms with van der Waals surface area (Å²) in [4.78, 5) is 12.8. The number of rotatable bonds is 5. The molecular formula is C17H10B3ClFNO5S. The molecular weight excluding hydrogens is 417 g/mol. The van der Waals surface area contributed by atoms with Crippen molar-refractivity contribution in [3.8, 4) is 0 Å². The predicted octanol–water partition coefficient (Wildman–Crippen LogP) is 1.02. The molecule has 0 spiro atoms. The molecule has 0 fully saturated rings. The van der Waals surface area contributed by atoms with E-state index in [0.717, 1.165) is 18.2 Å². The number of ketones is 1. The van der Waals surface area contributed by atoms with E-state index < -0.39 is 43.4 Å². The lowest BCUT2D eigenvalue weighted by Gasteiger charge is -2.26. The summed E-state index contributed by atoms with van der Waals surface area (Å²) in [5.74, 6) is -3.52. The van der Waals surface area contributed by atoms with E-state index in [0.29, 0.717) is 0 Å². The first-order valence-corrected chi connectivity index (χ1v) is 9.74. The van der Waals surface area contributed by atoms with E-state index in [1.165, 1.54) is 24.3 Å². The summed E-state index contributed by atoms with van der Waals surface area (Å²) in [7, 11) is 12.6. The third-order valence-corrected chi connectivity index (χ3v) is 5.96. The molecule has 29 heavy (non-hydrogen) atoms. The van der Waals surface area contributed by atoms with E-state index in [-0.39, 0.29) is 16.1 Å². The van der Waals surface area contributed by atoms with Gasteiger partial charge in [0.05, 0.1) is 25.3 Å². The van der Waals surface area contributed by atoms with E-state index in [9.17, 15) is 17.6 Å². The molecule has 0 unspecified atom stereocenters. The minimum atomic E-state index is -4.84. The topological polar surface area (TPSA) is 95.7 Å². The van der Waals surface area contributed by atoms with Gasteiger partial charge in [-0.05, 0) is 17.7 Å². The fourth-order valence-corrected chi connectivity index (χ4v) is 3.86. The number of halogens is 2.